The van der Waals surface area contributed by atoms with Gasteiger partial charge in [0, 0.05) is 27.5 Å². The van der Waals surface area contributed by atoms with Crippen molar-refractivity contribution in [3.05, 3.63) is 111 Å². The number of nitrogens with one attached hydrogen (secondary N) is 3. The van der Waals surface area contributed by atoms with Crippen LogP contribution >= 0.6 is 34.5 Å². The molecule has 12 heteroatoms. The number of anilines is 4. The zero-order valence-corrected chi connectivity index (χ0v) is 23.4. The lowest BCUT2D eigenvalue weighted by molar-refractivity contribution is -0.137. The third-order valence-electron chi connectivity index (χ3n) is 6.02. The molecule has 0 fully saturated rings. The minimum atomic E-state index is -4.57. The zero-order valence-electron chi connectivity index (χ0n) is 21.1. The van der Waals surface area contributed by atoms with Crippen molar-refractivity contribution >= 4 is 78.8 Å². The first-order chi connectivity index (χ1) is 19.5. The minimum Gasteiger partial charge on any atom is -0.330 e. The number of benzene rings is 4. The summed E-state index contributed by atoms with van der Waals surface area (Å²) in [6.07, 6.45) is -4.57. The SMILES string of the molecule is Cc1ccc(NC(=O)c2cccc(C(F)(F)F)c2)cc1NC(=O)c1ccc2nc(Nc3cc(Cl)ccc3Cl)sc2c1. The first kappa shape index (κ1) is 28.4. The minimum absolute atomic E-state index is 0.143. The molecular formula is C29H19Cl2F3N4O2S. The predicted octanol–water partition coefficient (Wildman–Crippen LogP) is 9.18. The van der Waals surface area contributed by atoms with E-state index >= 15 is 0 Å². The van der Waals surface area contributed by atoms with Crippen LogP contribution in [-0.4, -0.2) is 16.8 Å². The highest BCUT2D eigenvalue weighted by atomic mass is 35.5. The van der Waals surface area contributed by atoms with Gasteiger partial charge in [-0.3, -0.25) is 9.59 Å². The maximum Gasteiger partial charge on any atom is 0.416 e. The molecule has 1 heterocycles. The van der Waals surface area contributed by atoms with E-state index in [1.165, 1.54) is 23.5 Å². The third kappa shape index (κ3) is 6.62. The lowest BCUT2D eigenvalue weighted by Gasteiger charge is -2.13. The molecule has 0 aliphatic rings. The smallest absolute Gasteiger partial charge is 0.330 e. The summed E-state index contributed by atoms with van der Waals surface area (Å²) < 4.78 is 39.9. The molecule has 5 rings (SSSR count). The van der Waals surface area contributed by atoms with Gasteiger partial charge < -0.3 is 16.0 Å². The summed E-state index contributed by atoms with van der Waals surface area (Å²) in [7, 11) is 0. The molecule has 6 nitrogen and oxygen atoms in total. The highest BCUT2D eigenvalue weighted by Gasteiger charge is 2.31. The number of carbonyl (C=O) groups is 2. The first-order valence-corrected chi connectivity index (χ1v) is 13.6. The van der Waals surface area contributed by atoms with Crippen molar-refractivity contribution in [3.8, 4) is 0 Å². The van der Waals surface area contributed by atoms with Gasteiger partial charge in [0.1, 0.15) is 0 Å². The van der Waals surface area contributed by atoms with Gasteiger partial charge in [0.15, 0.2) is 5.13 Å². The topological polar surface area (TPSA) is 83.1 Å². The van der Waals surface area contributed by atoms with Crippen LogP contribution in [0, 0.1) is 6.92 Å². The van der Waals surface area contributed by atoms with Gasteiger partial charge in [0.05, 0.1) is 26.5 Å². The largest absolute Gasteiger partial charge is 0.416 e. The number of aryl methyl sites for hydroxylation is 1. The summed E-state index contributed by atoms with van der Waals surface area (Å²) in [5.74, 6) is -1.10. The standard InChI is InChI=1S/C29H19Cl2F3N4O2S/c1-15-5-8-20(35-26(39)16-3-2-4-18(11-16)29(32,33)34)14-23(15)36-27(40)17-6-10-22-25(12-17)41-28(37-22)38-24-13-19(30)7-9-21(24)31/h2-14H,1H3,(H,35,39)(H,36,40)(H,37,38). The quantitative estimate of drug-likeness (QED) is 0.178. The van der Waals surface area contributed by atoms with E-state index in [2.05, 4.69) is 20.9 Å². The van der Waals surface area contributed by atoms with Crippen LogP contribution in [0.4, 0.5) is 35.4 Å². The average molecular weight is 615 g/mol. The normalized spacial score (nSPS) is 11.4. The van der Waals surface area contributed by atoms with E-state index in [1.807, 2.05) is 0 Å². The third-order valence-corrected chi connectivity index (χ3v) is 7.51. The molecule has 0 spiro atoms. The van der Waals surface area contributed by atoms with Crippen molar-refractivity contribution in [2.75, 3.05) is 16.0 Å². The lowest BCUT2D eigenvalue weighted by Crippen LogP contribution is -2.15. The van der Waals surface area contributed by atoms with E-state index < -0.39 is 23.6 Å². The Morgan fingerprint density at radius 1 is 0.829 bits per heavy atom. The maximum atomic E-state index is 13.1. The fraction of sp³-hybridized carbons (Fsp3) is 0.0690. The second kappa shape index (κ2) is 11.4. The second-order valence-corrected chi connectivity index (χ2v) is 10.8. The van der Waals surface area contributed by atoms with Crippen LogP contribution in [0.5, 0.6) is 0 Å². The number of aromatic nitrogens is 1. The summed E-state index contributed by atoms with van der Waals surface area (Å²) in [5.41, 5.74) is 2.06. The van der Waals surface area contributed by atoms with Crippen LogP contribution in [0.1, 0.15) is 31.8 Å². The van der Waals surface area contributed by atoms with Crippen LogP contribution in [0.2, 0.25) is 10.0 Å². The predicted molar refractivity (Wildman–Crippen MR) is 158 cm³/mol. The molecule has 0 aliphatic carbocycles. The van der Waals surface area contributed by atoms with Gasteiger partial charge in [-0.15, -0.1) is 0 Å². The highest BCUT2D eigenvalue weighted by molar-refractivity contribution is 7.22. The monoisotopic (exact) mass is 614 g/mol. The number of rotatable bonds is 6. The number of halogens is 5. The molecule has 0 aliphatic heterocycles. The average Bonchev–Trinajstić information content (AvgIpc) is 3.33. The van der Waals surface area contributed by atoms with Crippen molar-refractivity contribution in [3.63, 3.8) is 0 Å². The first-order valence-electron chi connectivity index (χ1n) is 12.0. The molecule has 41 heavy (non-hydrogen) atoms. The van der Waals surface area contributed by atoms with Crippen molar-refractivity contribution in [1.82, 2.24) is 4.98 Å². The number of fused-ring (bicyclic) bond motifs is 1. The summed E-state index contributed by atoms with van der Waals surface area (Å²) in [4.78, 5) is 30.3. The van der Waals surface area contributed by atoms with Gasteiger partial charge in [0.25, 0.3) is 11.8 Å². The molecule has 0 saturated heterocycles. The van der Waals surface area contributed by atoms with Gasteiger partial charge in [0.2, 0.25) is 0 Å². The van der Waals surface area contributed by atoms with Crippen molar-refractivity contribution in [1.29, 1.82) is 0 Å². The number of hydrogen-bond donors (Lipinski definition) is 3. The lowest BCUT2D eigenvalue weighted by atomic mass is 10.1. The summed E-state index contributed by atoms with van der Waals surface area (Å²) in [6.45, 7) is 1.78. The van der Waals surface area contributed by atoms with E-state index in [0.29, 0.717) is 43.3 Å². The molecule has 5 aromatic rings. The second-order valence-electron chi connectivity index (χ2n) is 8.97. The maximum absolute atomic E-state index is 13.1. The van der Waals surface area contributed by atoms with Gasteiger partial charge in [-0.25, -0.2) is 4.98 Å². The summed E-state index contributed by atoms with van der Waals surface area (Å²) in [6, 6.07) is 19.1. The molecule has 1 aromatic heterocycles. The number of nitrogens with zero attached hydrogens (tertiary/aromatic N) is 1. The zero-order chi connectivity index (χ0) is 29.3. The van der Waals surface area contributed by atoms with Crippen LogP contribution in [-0.2, 0) is 6.18 Å². The number of amides is 2. The number of thiazole rings is 1. The molecule has 0 bridgehead atoms. The fourth-order valence-corrected chi connectivity index (χ4v) is 5.15. The Labute approximate surface area is 246 Å². The molecule has 208 valence electrons. The van der Waals surface area contributed by atoms with Crippen LogP contribution in [0.15, 0.2) is 78.9 Å². The van der Waals surface area contributed by atoms with Crippen LogP contribution in [0.25, 0.3) is 10.2 Å². The molecule has 0 atom stereocenters. The van der Waals surface area contributed by atoms with Gasteiger partial charge >= 0.3 is 6.18 Å². The molecule has 2 amide bonds. The van der Waals surface area contributed by atoms with Gasteiger partial charge in [-0.1, -0.05) is 46.7 Å². The van der Waals surface area contributed by atoms with E-state index in [9.17, 15) is 22.8 Å². The Balaban J connectivity index is 1.31. The summed E-state index contributed by atoms with van der Waals surface area (Å²) >= 11 is 13.6. The molecule has 3 N–H and O–H groups in total. The van der Waals surface area contributed by atoms with Crippen molar-refractivity contribution < 1.29 is 22.8 Å². The van der Waals surface area contributed by atoms with E-state index in [4.69, 9.17) is 23.2 Å². The Morgan fingerprint density at radius 2 is 1.59 bits per heavy atom. The molecular weight excluding hydrogens is 596 g/mol. The number of hydrogen-bond acceptors (Lipinski definition) is 5. The molecule has 4 aromatic carbocycles. The van der Waals surface area contributed by atoms with Crippen molar-refractivity contribution in [2.45, 2.75) is 13.1 Å². The van der Waals surface area contributed by atoms with Gasteiger partial charge in [-0.2, -0.15) is 13.2 Å². The van der Waals surface area contributed by atoms with Crippen molar-refractivity contribution in [2.24, 2.45) is 0 Å². The molecule has 0 radical (unpaired) electrons. The van der Waals surface area contributed by atoms with Crippen LogP contribution < -0.4 is 16.0 Å². The van der Waals surface area contributed by atoms with E-state index in [1.54, 1.807) is 61.5 Å². The van der Waals surface area contributed by atoms with Crippen LogP contribution in [0.3, 0.4) is 0 Å². The fourth-order valence-electron chi connectivity index (χ4n) is 3.90. The molecule has 0 saturated carbocycles. The Kier molecular flexibility index (Phi) is 7.90. The molecule has 0 unspecified atom stereocenters. The Morgan fingerprint density at radius 3 is 2.37 bits per heavy atom. The van der Waals surface area contributed by atoms with E-state index in [-0.39, 0.29) is 5.56 Å². The Bertz CT molecular complexity index is 1810. The van der Waals surface area contributed by atoms with Gasteiger partial charge in [-0.05, 0) is 79.2 Å². The van der Waals surface area contributed by atoms with E-state index in [0.717, 1.165) is 22.4 Å². The number of alkyl halides is 3. The number of carbonyl (C=O) groups excluding carboxylic acids is 2. The Hall–Kier alpha value is -4.12. The highest BCUT2D eigenvalue weighted by Crippen LogP contribution is 2.34. The summed E-state index contributed by atoms with van der Waals surface area (Å²) in [5, 5.41) is 10.1.